The summed E-state index contributed by atoms with van der Waals surface area (Å²) in [6.45, 7) is 2.76. The van der Waals surface area contributed by atoms with Crippen molar-refractivity contribution in [2.75, 3.05) is 17.2 Å². The molecule has 0 amide bonds. The molecule has 1 aliphatic rings. The summed E-state index contributed by atoms with van der Waals surface area (Å²) >= 11 is 0. The molecule has 1 aromatic heterocycles. The molecule has 198 valence electrons. The highest BCUT2D eigenvalue weighted by Gasteiger charge is 2.35. The lowest BCUT2D eigenvalue weighted by molar-refractivity contribution is -0.137. The molecule has 1 saturated carbocycles. The predicted molar refractivity (Wildman–Crippen MR) is 139 cm³/mol. The van der Waals surface area contributed by atoms with Crippen molar-refractivity contribution >= 4 is 23.1 Å². The lowest BCUT2D eigenvalue weighted by Crippen LogP contribution is -2.12. The molecule has 6 nitrogen and oxygen atoms in total. The molecule has 1 heterocycles. The highest BCUT2D eigenvalue weighted by Crippen LogP contribution is 2.35. The van der Waals surface area contributed by atoms with Crippen molar-refractivity contribution in [1.29, 1.82) is 0 Å². The van der Waals surface area contributed by atoms with Gasteiger partial charge in [0.1, 0.15) is 22.9 Å². The Morgan fingerprint density at radius 1 is 0.865 bits per heavy atom. The van der Waals surface area contributed by atoms with Crippen LogP contribution in [0, 0.1) is 0 Å². The average Bonchev–Trinajstić information content (AvgIpc) is 3.39. The molecule has 1 fully saturated rings. The molecule has 0 bridgehead atoms. The van der Waals surface area contributed by atoms with E-state index in [2.05, 4.69) is 27.5 Å². The van der Waals surface area contributed by atoms with Crippen LogP contribution >= 0.6 is 0 Å². The number of nitrogens with one attached hydrogen (secondary N) is 2. The second-order valence-corrected chi connectivity index (χ2v) is 9.19. The first-order chi connectivity index (χ1) is 17.9. The lowest BCUT2D eigenvalue weighted by Gasteiger charge is -2.16. The number of ether oxygens (including phenoxy) is 2. The summed E-state index contributed by atoms with van der Waals surface area (Å²) in [4.78, 5) is 8.00. The van der Waals surface area contributed by atoms with Gasteiger partial charge in [0.2, 0.25) is 5.95 Å². The molecule has 2 aromatic carbocycles. The van der Waals surface area contributed by atoms with Gasteiger partial charge in [0.15, 0.2) is 0 Å². The van der Waals surface area contributed by atoms with E-state index in [-0.39, 0.29) is 17.9 Å². The third-order valence-corrected chi connectivity index (χ3v) is 6.19. The Hall–Kier alpha value is -3.49. The zero-order valence-electron chi connectivity index (χ0n) is 21.0. The number of aromatic nitrogens is 2. The van der Waals surface area contributed by atoms with Crippen LogP contribution in [0.3, 0.4) is 0 Å². The van der Waals surface area contributed by atoms with Crippen molar-refractivity contribution in [1.82, 2.24) is 9.97 Å². The van der Waals surface area contributed by atoms with Crippen molar-refractivity contribution in [3.8, 4) is 11.5 Å². The molecule has 1 aliphatic carbocycles. The summed E-state index contributed by atoms with van der Waals surface area (Å²) in [5.41, 5.74) is 0.154. The first-order valence-electron chi connectivity index (χ1n) is 12.9. The van der Waals surface area contributed by atoms with Gasteiger partial charge < -0.3 is 20.1 Å². The second kappa shape index (κ2) is 12.7. The number of hydrogen-bond acceptors (Lipinski definition) is 6. The first-order valence-corrected chi connectivity index (χ1v) is 12.9. The number of rotatable bonds is 12. The van der Waals surface area contributed by atoms with Crippen molar-refractivity contribution < 1.29 is 22.6 Å². The van der Waals surface area contributed by atoms with E-state index < -0.39 is 11.7 Å². The van der Waals surface area contributed by atoms with Gasteiger partial charge in [0.25, 0.3) is 0 Å². The summed E-state index contributed by atoms with van der Waals surface area (Å²) in [7, 11) is 0. The molecule has 2 N–H and O–H groups in total. The smallest absolute Gasteiger partial charge is 0.421 e. The van der Waals surface area contributed by atoms with Gasteiger partial charge in [-0.2, -0.15) is 18.2 Å². The van der Waals surface area contributed by atoms with Crippen LogP contribution in [0.2, 0.25) is 0 Å². The maximum atomic E-state index is 13.6. The SMILES string of the molecule is CCCCCCOc1ccc(Nc2nc(Nc3ccc(OC4CCCC4)cc3)ncc2C(F)(F)F)cc1. The largest absolute Gasteiger partial charge is 0.494 e. The van der Waals surface area contributed by atoms with Crippen molar-refractivity contribution in [2.24, 2.45) is 0 Å². The zero-order chi connectivity index (χ0) is 26.1. The number of benzene rings is 2. The van der Waals surface area contributed by atoms with Gasteiger partial charge in [-0.05, 0) is 80.6 Å². The average molecular weight is 515 g/mol. The van der Waals surface area contributed by atoms with E-state index in [0.717, 1.165) is 44.1 Å². The van der Waals surface area contributed by atoms with Crippen LogP contribution < -0.4 is 20.1 Å². The number of halogens is 3. The van der Waals surface area contributed by atoms with Crippen LogP contribution in [0.5, 0.6) is 11.5 Å². The minimum atomic E-state index is -4.61. The molecule has 3 aromatic rings. The number of hydrogen-bond donors (Lipinski definition) is 2. The maximum Gasteiger partial charge on any atom is 0.421 e. The van der Waals surface area contributed by atoms with Crippen LogP contribution in [0.15, 0.2) is 54.7 Å². The van der Waals surface area contributed by atoms with E-state index in [9.17, 15) is 13.2 Å². The number of unbranched alkanes of at least 4 members (excludes halogenated alkanes) is 3. The predicted octanol–water partition coefficient (Wildman–Crippen LogP) is 8.26. The van der Waals surface area contributed by atoms with Gasteiger partial charge in [-0.15, -0.1) is 0 Å². The van der Waals surface area contributed by atoms with Crippen molar-refractivity contribution in [2.45, 2.75) is 70.6 Å². The molecule has 37 heavy (non-hydrogen) atoms. The third kappa shape index (κ3) is 8.00. The highest BCUT2D eigenvalue weighted by atomic mass is 19.4. The van der Waals surface area contributed by atoms with Crippen LogP contribution in [0.25, 0.3) is 0 Å². The van der Waals surface area contributed by atoms with Crippen molar-refractivity contribution in [3.05, 3.63) is 60.3 Å². The Morgan fingerprint density at radius 3 is 2.16 bits per heavy atom. The molecule has 0 radical (unpaired) electrons. The normalized spacial score (nSPS) is 13.9. The fraction of sp³-hybridized carbons (Fsp3) is 0.429. The Bertz CT molecular complexity index is 1120. The van der Waals surface area contributed by atoms with Gasteiger partial charge in [0.05, 0.1) is 12.7 Å². The summed E-state index contributed by atoms with van der Waals surface area (Å²) in [5.74, 6) is 1.15. The molecule has 0 unspecified atom stereocenters. The molecule has 0 atom stereocenters. The fourth-order valence-electron chi connectivity index (χ4n) is 4.18. The van der Waals surface area contributed by atoms with Gasteiger partial charge in [-0.3, -0.25) is 0 Å². The fourth-order valence-corrected chi connectivity index (χ4v) is 4.18. The molecule has 0 saturated heterocycles. The highest BCUT2D eigenvalue weighted by molar-refractivity contribution is 5.63. The third-order valence-electron chi connectivity index (χ3n) is 6.19. The van der Waals surface area contributed by atoms with Crippen molar-refractivity contribution in [3.63, 3.8) is 0 Å². The first kappa shape index (κ1) is 26.6. The van der Waals surface area contributed by atoms with Crippen LogP contribution in [0.1, 0.15) is 63.9 Å². The van der Waals surface area contributed by atoms with Crippen LogP contribution in [-0.4, -0.2) is 22.7 Å². The number of nitrogens with zero attached hydrogens (tertiary/aromatic N) is 2. The quantitative estimate of drug-likeness (QED) is 0.237. The monoisotopic (exact) mass is 514 g/mol. The lowest BCUT2D eigenvalue weighted by atomic mass is 10.2. The Morgan fingerprint density at radius 2 is 1.51 bits per heavy atom. The summed E-state index contributed by atoms with van der Waals surface area (Å²) in [6.07, 6.45) is 5.31. The van der Waals surface area contributed by atoms with E-state index in [1.807, 2.05) is 12.1 Å². The van der Waals surface area contributed by atoms with Gasteiger partial charge in [-0.25, -0.2) is 4.98 Å². The van der Waals surface area contributed by atoms with E-state index in [1.54, 1.807) is 36.4 Å². The van der Waals surface area contributed by atoms with E-state index >= 15 is 0 Å². The number of anilines is 4. The summed E-state index contributed by atoms with van der Waals surface area (Å²) in [5, 5.41) is 5.75. The standard InChI is InChI=1S/C28H33F3N4O2/c1-2-3-4-7-18-36-22-14-10-20(11-15-22)33-26-25(28(29,30)31)19-32-27(35-26)34-21-12-16-24(17-13-21)37-23-8-5-6-9-23/h10-17,19,23H,2-9,18H2,1H3,(H2,32,33,34,35). The Labute approximate surface area is 215 Å². The molecule has 9 heteroatoms. The molecule has 0 aliphatic heterocycles. The second-order valence-electron chi connectivity index (χ2n) is 9.19. The van der Waals surface area contributed by atoms with Gasteiger partial charge in [0, 0.05) is 17.6 Å². The topological polar surface area (TPSA) is 68.3 Å². The zero-order valence-corrected chi connectivity index (χ0v) is 21.0. The molecule has 4 rings (SSSR count). The maximum absolute atomic E-state index is 13.6. The molecular weight excluding hydrogens is 481 g/mol. The Balaban J connectivity index is 1.41. The summed E-state index contributed by atoms with van der Waals surface area (Å²) < 4.78 is 52.6. The van der Waals surface area contributed by atoms with E-state index in [0.29, 0.717) is 23.7 Å². The summed E-state index contributed by atoms with van der Waals surface area (Å²) in [6, 6.07) is 14.0. The van der Waals surface area contributed by atoms with Crippen LogP contribution in [-0.2, 0) is 6.18 Å². The van der Waals surface area contributed by atoms with E-state index in [4.69, 9.17) is 9.47 Å². The molecular formula is C28H33F3N4O2. The van der Waals surface area contributed by atoms with Gasteiger partial charge in [-0.1, -0.05) is 26.2 Å². The molecule has 0 spiro atoms. The minimum Gasteiger partial charge on any atom is -0.494 e. The minimum absolute atomic E-state index is 0.0481. The number of alkyl halides is 3. The van der Waals surface area contributed by atoms with Crippen LogP contribution in [0.4, 0.5) is 36.3 Å². The van der Waals surface area contributed by atoms with E-state index in [1.165, 1.54) is 19.3 Å². The van der Waals surface area contributed by atoms with Gasteiger partial charge >= 0.3 is 6.18 Å². The Kier molecular flexibility index (Phi) is 9.09.